The molecule has 4 rings (SSSR count). The Bertz CT molecular complexity index is 1200. The normalized spacial score (nSPS) is 19.1. The van der Waals surface area contributed by atoms with Gasteiger partial charge in [-0.05, 0) is 42.0 Å². The number of benzene rings is 3. The first-order valence-corrected chi connectivity index (χ1v) is 11.8. The first-order valence-electron chi connectivity index (χ1n) is 11.0. The van der Waals surface area contributed by atoms with E-state index in [9.17, 15) is 10.0 Å². The van der Waals surface area contributed by atoms with E-state index in [1.165, 1.54) is 0 Å². The fourth-order valence-corrected chi connectivity index (χ4v) is 4.48. The summed E-state index contributed by atoms with van der Waals surface area (Å²) in [6.07, 6.45) is -0.259. The lowest BCUT2D eigenvalue weighted by Gasteiger charge is -2.30. The molecule has 3 aromatic carbocycles. The lowest BCUT2D eigenvalue weighted by molar-refractivity contribution is -0.137. The number of carbonyl (C=O) groups is 1. The molecule has 182 valence electrons. The summed E-state index contributed by atoms with van der Waals surface area (Å²) in [7, 11) is 0. The maximum absolute atomic E-state index is 13.2. The number of ether oxygens (including phenoxy) is 2. The Hall–Kier alpha value is -3.10. The first kappa shape index (κ1) is 25.0. The van der Waals surface area contributed by atoms with E-state index in [1.54, 1.807) is 47.9 Å². The van der Waals surface area contributed by atoms with E-state index in [2.05, 4.69) is 0 Å². The molecule has 35 heavy (non-hydrogen) atoms. The van der Waals surface area contributed by atoms with E-state index in [1.807, 2.05) is 30.3 Å². The number of aliphatic imine (C=N–C) groups is 1. The Morgan fingerprint density at radius 2 is 1.83 bits per heavy atom. The van der Waals surface area contributed by atoms with Gasteiger partial charge in [0.1, 0.15) is 5.75 Å². The molecule has 1 heterocycles. The molecule has 0 bridgehead atoms. The van der Waals surface area contributed by atoms with E-state index in [-0.39, 0.29) is 18.9 Å². The van der Waals surface area contributed by atoms with E-state index >= 15 is 0 Å². The Morgan fingerprint density at radius 3 is 2.49 bits per heavy atom. The zero-order valence-corrected chi connectivity index (χ0v) is 20.2. The van der Waals surface area contributed by atoms with Crippen molar-refractivity contribution in [1.82, 2.24) is 5.48 Å². The van der Waals surface area contributed by atoms with Crippen molar-refractivity contribution in [3.8, 4) is 5.75 Å². The van der Waals surface area contributed by atoms with Crippen LogP contribution in [0.15, 0.2) is 77.8 Å². The molecule has 0 spiro atoms. The van der Waals surface area contributed by atoms with Crippen LogP contribution < -0.4 is 10.2 Å². The first-order chi connectivity index (χ1) is 17.0. The molecule has 1 aliphatic rings. The van der Waals surface area contributed by atoms with E-state index in [0.717, 1.165) is 5.56 Å². The molecule has 0 saturated heterocycles. The number of nitrogens with zero attached hydrogens (tertiary/aromatic N) is 1. The van der Waals surface area contributed by atoms with Gasteiger partial charge >= 0.3 is 0 Å². The van der Waals surface area contributed by atoms with Crippen LogP contribution in [0.25, 0.3) is 0 Å². The van der Waals surface area contributed by atoms with Crippen LogP contribution in [0.4, 0.5) is 0 Å². The van der Waals surface area contributed by atoms with Crippen molar-refractivity contribution in [2.45, 2.75) is 24.5 Å². The number of aliphatic hydroxyl groups is 1. The van der Waals surface area contributed by atoms with Crippen LogP contribution in [0.3, 0.4) is 0 Å². The monoisotopic (exact) mass is 514 g/mol. The second-order valence-corrected chi connectivity index (χ2v) is 8.90. The van der Waals surface area contributed by atoms with Crippen molar-refractivity contribution in [3.63, 3.8) is 0 Å². The topological polar surface area (TPSA) is 100 Å². The van der Waals surface area contributed by atoms with Crippen molar-refractivity contribution in [2.75, 3.05) is 13.2 Å². The molecule has 3 N–H and O–H groups in total. The van der Waals surface area contributed by atoms with Gasteiger partial charge in [0.05, 0.1) is 6.61 Å². The van der Waals surface area contributed by atoms with Crippen LogP contribution in [-0.4, -0.2) is 40.9 Å². The molecular weight excluding hydrogens is 491 g/mol. The minimum Gasteiger partial charge on any atom is -0.494 e. The molecule has 0 fully saturated rings. The Morgan fingerprint density at radius 1 is 1.09 bits per heavy atom. The highest BCUT2D eigenvalue weighted by atomic mass is 35.5. The third kappa shape index (κ3) is 5.44. The van der Waals surface area contributed by atoms with Crippen LogP contribution >= 0.6 is 23.2 Å². The van der Waals surface area contributed by atoms with Gasteiger partial charge in [-0.15, -0.1) is 0 Å². The van der Waals surface area contributed by atoms with Gasteiger partial charge in [0.15, 0.2) is 11.6 Å². The van der Waals surface area contributed by atoms with Crippen LogP contribution in [-0.2, 0) is 16.0 Å². The van der Waals surface area contributed by atoms with Gasteiger partial charge in [-0.25, -0.2) is 10.5 Å². The lowest BCUT2D eigenvalue weighted by atomic mass is 9.82. The number of rotatable bonds is 9. The number of aliphatic hydroxyl groups excluding tert-OH is 1. The zero-order chi connectivity index (χ0) is 24.8. The number of hydrogen-bond donors (Lipinski definition) is 3. The van der Waals surface area contributed by atoms with Gasteiger partial charge in [0, 0.05) is 40.6 Å². The summed E-state index contributed by atoms with van der Waals surface area (Å²) < 4.78 is 11.9. The highest BCUT2D eigenvalue weighted by molar-refractivity contribution is 6.35. The van der Waals surface area contributed by atoms with Gasteiger partial charge in [-0.2, -0.15) is 0 Å². The fourth-order valence-electron chi connectivity index (χ4n) is 3.98. The number of halogens is 2. The molecule has 0 aromatic heterocycles. The minimum absolute atomic E-state index is 0.0494. The summed E-state index contributed by atoms with van der Waals surface area (Å²) in [5.41, 5.74) is 2.19. The van der Waals surface area contributed by atoms with E-state index in [0.29, 0.717) is 39.9 Å². The predicted molar refractivity (Wildman–Crippen MR) is 133 cm³/mol. The molecular formula is C26H24Cl2N2O5. The van der Waals surface area contributed by atoms with Crippen molar-refractivity contribution < 1.29 is 24.6 Å². The molecule has 1 amide bonds. The average Bonchev–Trinajstić information content (AvgIpc) is 3.24. The van der Waals surface area contributed by atoms with Crippen LogP contribution in [0.5, 0.6) is 5.75 Å². The zero-order valence-electron chi connectivity index (χ0n) is 18.7. The van der Waals surface area contributed by atoms with Crippen molar-refractivity contribution in [3.05, 3.63) is 99.5 Å². The van der Waals surface area contributed by atoms with Crippen molar-refractivity contribution >= 4 is 35.0 Å². The van der Waals surface area contributed by atoms with Gasteiger partial charge < -0.3 is 14.6 Å². The number of carbonyl (C=O) groups excluding carboxylic acids is 1. The maximum Gasteiger partial charge on any atom is 0.275 e. The largest absolute Gasteiger partial charge is 0.494 e. The molecule has 0 aliphatic carbocycles. The van der Waals surface area contributed by atoms with Crippen LogP contribution in [0.1, 0.15) is 29.2 Å². The lowest BCUT2D eigenvalue weighted by Crippen LogP contribution is -2.49. The highest BCUT2D eigenvalue weighted by Crippen LogP contribution is 2.45. The second kappa shape index (κ2) is 11.1. The SMILES string of the molecule is O=C(NO)[C@@]1(Cc2ccccc2)N=C(c2ccc(OCCCO)cc2)O[C@H]1c1ccc(Cl)cc1Cl. The highest BCUT2D eigenvalue weighted by Gasteiger charge is 2.54. The molecule has 9 heteroatoms. The Kier molecular flexibility index (Phi) is 7.93. The van der Waals surface area contributed by atoms with Crippen LogP contribution in [0, 0.1) is 0 Å². The molecule has 0 unspecified atom stereocenters. The molecule has 2 atom stereocenters. The Labute approximate surface area is 212 Å². The van der Waals surface area contributed by atoms with Gasteiger partial charge in [-0.3, -0.25) is 10.0 Å². The summed E-state index contributed by atoms with van der Waals surface area (Å²) in [6.45, 7) is 0.440. The predicted octanol–water partition coefficient (Wildman–Crippen LogP) is 4.76. The summed E-state index contributed by atoms with van der Waals surface area (Å²) in [5, 5.41) is 19.4. The molecule has 1 aliphatic heterocycles. The molecule has 3 aromatic rings. The third-order valence-electron chi connectivity index (χ3n) is 5.69. The van der Waals surface area contributed by atoms with Crippen molar-refractivity contribution in [2.24, 2.45) is 4.99 Å². The average molecular weight is 515 g/mol. The summed E-state index contributed by atoms with van der Waals surface area (Å²) in [4.78, 5) is 18.0. The fraction of sp³-hybridized carbons (Fsp3) is 0.231. The Balaban J connectivity index is 1.77. The van der Waals surface area contributed by atoms with Crippen molar-refractivity contribution in [1.29, 1.82) is 0 Å². The summed E-state index contributed by atoms with van der Waals surface area (Å²) >= 11 is 12.6. The van der Waals surface area contributed by atoms with Gasteiger partial charge in [-0.1, -0.05) is 59.6 Å². The summed E-state index contributed by atoms with van der Waals surface area (Å²) in [6, 6.07) is 21.3. The van der Waals surface area contributed by atoms with Crippen LogP contribution in [0.2, 0.25) is 10.0 Å². The number of nitrogens with one attached hydrogen (secondary N) is 1. The van der Waals surface area contributed by atoms with E-state index < -0.39 is 17.6 Å². The van der Waals surface area contributed by atoms with E-state index in [4.69, 9.17) is 42.8 Å². The quantitative estimate of drug-likeness (QED) is 0.217. The number of hydrogen-bond acceptors (Lipinski definition) is 6. The summed E-state index contributed by atoms with van der Waals surface area (Å²) in [5.74, 6) is 0.125. The number of amides is 1. The second-order valence-electron chi connectivity index (χ2n) is 8.06. The maximum atomic E-state index is 13.2. The molecule has 0 saturated carbocycles. The van der Waals surface area contributed by atoms with Gasteiger partial charge in [0.25, 0.3) is 5.91 Å². The number of hydroxylamine groups is 1. The smallest absolute Gasteiger partial charge is 0.275 e. The molecule has 0 radical (unpaired) electrons. The standard InChI is InChI=1S/C26H24Cl2N2O5/c27-19-9-12-21(22(28)15-19)23-26(25(32)30-33,16-17-5-2-1-3-6-17)29-24(35-23)18-7-10-20(11-8-18)34-14-4-13-31/h1-3,5-12,15,23,31,33H,4,13-14,16H2,(H,30,32)/t23-,26-/m0/s1. The minimum atomic E-state index is -1.54. The molecule has 7 nitrogen and oxygen atoms in total. The third-order valence-corrected chi connectivity index (χ3v) is 6.26. The van der Waals surface area contributed by atoms with Gasteiger partial charge in [0.2, 0.25) is 5.90 Å².